The summed E-state index contributed by atoms with van der Waals surface area (Å²) in [6.07, 6.45) is 0.581. The Morgan fingerprint density at radius 3 is 2.53 bits per heavy atom. The number of hydrogen-bond acceptors (Lipinski definition) is 4. The van der Waals surface area contributed by atoms with E-state index in [9.17, 15) is 0 Å². The van der Waals surface area contributed by atoms with Crippen molar-refractivity contribution < 1.29 is 0 Å². The molecule has 0 aliphatic rings. The molecule has 0 saturated carbocycles. The third-order valence-corrected chi connectivity index (χ3v) is 3.02. The molecule has 0 aliphatic carbocycles. The van der Waals surface area contributed by atoms with Gasteiger partial charge in [0.15, 0.2) is 0 Å². The van der Waals surface area contributed by atoms with Crippen molar-refractivity contribution in [2.45, 2.75) is 6.42 Å². The molecule has 0 radical (unpaired) electrons. The molecular formula is C14H11ClN4. The average Bonchev–Trinajstić information content (AvgIpc) is 2.37. The van der Waals surface area contributed by atoms with Crippen molar-refractivity contribution in [3.8, 4) is 0 Å². The summed E-state index contributed by atoms with van der Waals surface area (Å²) in [4.78, 5) is 11.9. The number of halogens is 1. The van der Waals surface area contributed by atoms with Crippen LogP contribution in [0.15, 0.2) is 42.5 Å². The van der Waals surface area contributed by atoms with Crippen LogP contribution in [0, 0.1) is 0 Å². The predicted octanol–water partition coefficient (Wildman–Crippen LogP) is 2.85. The maximum absolute atomic E-state index is 5.77. The Hall–Kier alpha value is -2.20. The average molecular weight is 271 g/mol. The van der Waals surface area contributed by atoms with Gasteiger partial charge in [-0.25, -0.2) is 4.98 Å². The first-order valence-electron chi connectivity index (χ1n) is 5.84. The minimum Gasteiger partial charge on any atom is -0.368 e. The van der Waals surface area contributed by atoms with Crippen LogP contribution in [0.3, 0.4) is 0 Å². The van der Waals surface area contributed by atoms with Gasteiger partial charge in [0, 0.05) is 6.42 Å². The zero-order valence-corrected chi connectivity index (χ0v) is 10.8. The molecular weight excluding hydrogens is 260 g/mol. The molecule has 2 N–H and O–H groups in total. The molecule has 5 heteroatoms. The molecule has 4 nitrogen and oxygen atoms in total. The van der Waals surface area contributed by atoms with E-state index in [-0.39, 0.29) is 11.2 Å². The van der Waals surface area contributed by atoms with Gasteiger partial charge >= 0.3 is 0 Å². The van der Waals surface area contributed by atoms with Crippen LogP contribution in [0.4, 0.5) is 5.95 Å². The van der Waals surface area contributed by atoms with Gasteiger partial charge in [0.1, 0.15) is 5.82 Å². The van der Waals surface area contributed by atoms with Gasteiger partial charge in [0.2, 0.25) is 11.2 Å². The summed E-state index contributed by atoms with van der Waals surface area (Å²) in [5.41, 5.74) is 6.67. The van der Waals surface area contributed by atoms with Crippen molar-refractivity contribution in [1.82, 2.24) is 15.0 Å². The molecule has 3 rings (SSSR count). The van der Waals surface area contributed by atoms with Crippen molar-refractivity contribution in [3.05, 3.63) is 59.1 Å². The Balaban J connectivity index is 1.96. The van der Waals surface area contributed by atoms with Crippen LogP contribution in [-0.4, -0.2) is 15.0 Å². The van der Waals surface area contributed by atoms with Crippen molar-refractivity contribution >= 4 is 28.3 Å². The highest BCUT2D eigenvalue weighted by Crippen LogP contribution is 2.17. The molecule has 0 amide bonds. The quantitative estimate of drug-likeness (QED) is 0.778. The standard InChI is InChI=1S/C14H11ClN4/c15-13-17-12(18-14(16)19-13)8-9-5-6-10-3-1-2-4-11(10)7-9/h1-7H,8H2,(H2,16,17,18,19). The number of nitrogen functional groups attached to an aromatic ring is 1. The van der Waals surface area contributed by atoms with Crippen molar-refractivity contribution in [2.24, 2.45) is 0 Å². The molecule has 1 aromatic heterocycles. The summed E-state index contributed by atoms with van der Waals surface area (Å²) in [6, 6.07) is 14.4. The Bertz CT molecular complexity index is 722. The van der Waals surface area contributed by atoms with E-state index in [1.165, 1.54) is 10.8 Å². The summed E-state index contributed by atoms with van der Waals surface area (Å²) in [7, 11) is 0. The lowest BCUT2D eigenvalue weighted by atomic mass is 10.1. The number of benzene rings is 2. The highest BCUT2D eigenvalue weighted by Gasteiger charge is 2.04. The van der Waals surface area contributed by atoms with Crippen LogP contribution in [0.2, 0.25) is 5.28 Å². The molecule has 94 valence electrons. The van der Waals surface area contributed by atoms with Gasteiger partial charge in [-0.2, -0.15) is 9.97 Å². The van der Waals surface area contributed by atoms with Gasteiger partial charge in [-0.15, -0.1) is 0 Å². The normalized spacial score (nSPS) is 10.8. The smallest absolute Gasteiger partial charge is 0.227 e. The second-order valence-electron chi connectivity index (χ2n) is 4.24. The van der Waals surface area contributed by atoms with Crippen molar-refractivity contribution in [1.29, 1.82) is 0 Å². The number of nitrogens with two attached hydrogens (primary N) is 1. The second-order valence-corrected chi connectivity index (χ2v) is 4.58. The fourth-order valence-corrected chi connectivity index (χ4v) is 2.20. The molecule has 2 aromatic carbocycles. The summed E-state index contributed by atoms with van der Waals surface area (Å²) in [5.74, 6) is 0.726. The second kappa shape index (κ2) is 4.82. The molecule has 3 aromatic rings. The first-order chi connectivity index (χ1) is 9.20. The molecule has 19 heavy (non-hydrogen) atoms. The highest BCUT2D eigenvalue weighted by atomic mass is 35.5. The van der Waals surface area contributed by atoms with E-state index in [2.05, 4.69) is 45.3 Å². The molecule has 0 fully saturated rings. The van der Waals surface area contributed by atoms with E-state index in [1.807, 2.05) is 12.1 Å². The van der Waals surface area contributed by atoms with Gasteiger partial charge in [-0.1, -0.05) is 42.5 Å². The van der Waals surface area contributed by atoms with Crippen molar-refractivity contribution in [3.63, 3.8) is 0 Å². The third kappa shape index (κ3) is 2.63. The number of fused-ring (bicyclic) bond motifs is 1. The van der Waals surface area contributed by atoms with E-state index >= 15 is 0 Å². The number of aromatic nitrogens is 3. The maximum atomic E-state index is 5.77. The van der Waals surface area contributed by atoms with Crippen LogP contribution in [0.25, 0.3) is 10.8 Å². The molecule has 0 saturated heterocycles. The van der Waals surface area contributed by atoms with Gasteiger partial charge in [0.25, 0.3) is 0 Å². The Kier molecular flexibility index (Phi) is 3.01. The maximum Gasteiger partial charge on any atom is 0.227 e. The summed E-state index contributed by atoms with van der Waals surface area (Å²) < 4.78 is 0. The van der Waals surface area contributed by atoms with Gasteiger partial charge < -0.3 is 5.73 Å². The molecule has 0 aliphatic heterocycles. The zero-order chi connectivity index (χ0) is 13.2. The van der Waals surface area contributed by atoms with E-state index in [0.29, 0.717) is 12.2 Å². The third-order valence-electron chi connectivity index (χ3n) is 2.85. The van der Waals surface area contributed by atoms with Gasteiger partial charge in [-0.05, 0) is 27.9 Å². The SMILES string of the molecule is Nc1nc(Cl)nc(Cc2ccc3ccccc3c2)n1. The fourth-order valence-electron chi connectivity index (χ4n) is 2.02. The monoisotopic (exact) mass is 270 g/mol. The van der Waals surface area contributed by atoms with Crippen LogP contribution in [-0.2, 0) is 6.42 Å². The number of hydrogen-bond donors (Lipinski definition) is 1. The molecule has 0 unspecified atom stereocenters. The molecule has 0 atom stereocenters. The molecule has 1 heterocycles. The lowest BCUT2D eigenvalue weighted by Crippen LogP contribution is -2.03. The minimum absolute atomic E-state index is 0.128. The summed E-state index contributed by atoms with van der Waals surface area (Å²) >= 11 is 5.77. The Morgan fingerprint density at radius 1 is 0.947 bits per heavy atom. The van der Waals surface area contributed by atoms with E-state index in [0.717, 1.165) is 5.56 Å². The highest BCUT2D eigenvalue weighted by molar-refractivity contribution is 6.28. The predicted molar refractivity (Wildman–Crippen MR) is 76.0 cm³/mol. The van der Waals surface area contributed by atoms with Crippen LogP contribution < -0.4 is 5.73 Å². The van der Waals surface area contributed by atoms with Crippen LogP contribution in [0.1, 0.15) is 11.4 Å². The zero-order valence-electron chi connectivity index (χ0n) is 10.0. The van der Waals surface area contributed by atoms with Crippen LogP contribution >= 0.6 is 11.6 Å². The number of anilines is 1. The minimum atomic E-state index is 0.128. The molecule has 0 bridgehead atoms. The van der Waals surface area contributed by atoms with Gasteiger partial charge in [0.05, 0.1) is 0 Å². The van der Waals surface area contributed by atoms with E-state index in [4.69, 9.17) is 17.3 Å². The summed E-state index contributed by atoms with van der Waals surface area (Å²) in [5, 5.41) is 2.52. The fraction of sp³-hybridized carbons (Fsp3) is 0.0714. The number of nitrogens with zero attached hydrogens (tertiary/aromatic N) is 3. The first-order valence-corrected chi connectivity index (χ1v) is 6.22. The first kappa shape index (κ1) is 11.9. The van der Waals surface area contributed by atoms with Gasteiger partial charge in [-0.3, -0.25) is 0 Å². The van der Waals surface area contributed by atoms with E-state index in [1.54, 1.807) is 0 Å². The lowest BCUT2D eigenvalue weighted by molar-refractivity contribution is 0.930. The lowest BCUT2D eigenvalue weighted by Gasteiger charge is -2.04. The number of rotatable bonds is 2. The largest absolute Gasteiger partial charge is 0.368 e. The van der Waals surface area contributed by atoms with Crippen LogP contribution in [0.5, 0.6) is 0 Å². The summed E-state index contributed by atoms with van der Waals surface area (Å²) in [6.45, 7) is 0. The molecule has 0 spiro atoms. The Morgan fingerprint density at radius 2 is 1.74 bits per heavy atom. The van der Waals surface area contributed by atoms with E-state index < -0.39 is 0 Å². The topological polar surface area (TPSA) is 64.7 Å². The van der Waals surface area contributed by atoms with Crippen molar-refractivity contribution in [2.75, 3.05) is 5.73 Å². The Labute approximate surface area is 115 Å².